The maximum atomic E-state index is 11.0. The Morgan fingerprint density at radius 3 is 2.40 bits per heavy atom. The average molecular weight is 210 g/mol. The summed E-state index contributed by atoms with van der Waals surface area (Å²) in [4.78, 5) is 20.8. The van der Waals surface area contributed by atoms with E-state index in [1.165, 1.54) is 31.2 Å². The fourth-order valence-corrected chi connectivity index (χ4v) is 0.913. The van der Waals surface area contributed by atoms with Crippen LogP contribution in [0.1, 0.15) is 6.92 Å². The molecule has 0 fully saturated rings. The van der Waals surface area contributed by atoms with Gasteiger partial charge in [0, 0.05) is 17.8 Å². The predicted molar refractivity (Wildman–Crippen MR) is 53.4 cm³/mol. The van der Waals surface area contributed by atoms with Gasteiger partial charge < -0.3 is 10.4 Å². The molecular weight excluding hydrogens is 200 g/mol. The fourth-order valence-electron chi connectivity index (χ4n) is 0.913. The van der Waals surface area contributed by atoms with Gasteiger partial charge in [0.25, 0.3) is 11.6 Å². The van der Waals surface area contributed by atoms with Gasteiger partial charge in [-0.3, -0.25) is 14.9 Å². The van der Waals surface area contributed by atoms with E-state index in [9.17, 15) is 14.9 Å². The van der Waals surface area contributed by atoms with Crippen LogP contribution in [0.2, 0.25) is 0 Å². The third kappa shape index (κ3) is 3.03. The summed E-state index contributed by atoms with van der Waals surface area (Å²) in [6.45, 7) is 1.33. The summed E-state index contributed by atoms with van der Waals surface area (Å²) in [6, 6.07) is 5.35. The molecule has 0 saturated carbocycles. The van der Waals surface area contributed by atoms with Gasteiger partial charge in [0.1, 0.15) is 6.10 Å². The summed E-state index contributed by atoms with van der Waals surface area (Å²) in [5.74, 6) is -0.552. The third-order valence-electron chi connectivity index (χ3n) is 1.73. The van der Waals surface area contributed by atoms with Crippen molar-refractivity contribution in [3.8, 4) is 0 Å². The van der Waals surface area contributed by atoms with Crippen LogP contribution in [0.3, 0.4) is 0 Å². The maximum Gasteiger partial charge on any atom is 0.269 e. The molecule has 0 aliphatic rings. The van der Waals surface area contributed by atoms with Crippen molar-refractivity contribution in [1.29, 1.82) is 0 Å². The van der Waals surface area contributed by atoms with Gasteiger partial charge in [0.15, 0.2) is 0 Å². The smallest absolute Gasteiger partial charge is 0.269 e. The highest BCUT2D eigenvalue weighted by molar-refractivity contribution is 5.93. The predicted octanol–water partition coefficient (Wildman–Crippen LogP) is 0.914. The minimum Gasteiger partial charge on any atom is -0.384 e. The topological polar surface area (TPSA) is 92.5 Å². The molecule has 0 saturated heterocycles. The second-order valence-corrected chi connectivity index (χ2v) is 2.97. The summed E-state index contributed by atoms with van der Waals surface area (Å²) < 4.78 is 0. The molecular formula is C9H10N2O4. The molecule has 0 heterocycles. The Morgan fingerprint density at radius 1 is 1.47 bits per heavy atom. The number of nitro groups is 1. The number of aliphatic hydroxyl groups is 1. The number of nitro benzene ring substituents is 1. The van der Waals surface area contributed by atoms with E-state index >= 15 is 0 Å². The molecule has 2 N–H and O–H groups in total. The molecule has 1 amide bonds. The van der Waals surface area contributed by atoms with Crippen LogP contribution < -0.4 is 5.32 Å². The first-order valence-electron chi connectivity index (χ1n) is 4.24. The van der Waals surface area contributed by atoms with Crippen molar-refractivity contribution in [3.63, 3.8) is 0 Å². The first kappa shape index (κ1) is 11.1. The zero-order valence-corrected chi connectivity index (χ0v) is 8.01. The van der Waals surface area contributed by atoms with Crippen LogP contribution in [-0.2, 0) is 4.79 Å². The molecule has 0 aromatic heterocycles. The number of aliphatic hydroxyl groups excluding tert-OH is 1. The third-order valence-corrected chi connectivity index (χ3v) is 1.73. The van der Waals surface area contributed by atoms with Crippen LogP contribution in [0, 0.1) is 10.1 Å². The minimum absolute atomic E-state index is 0.0509. The summed E-state index contributed by atoms with van der Waals surface area (Å²) in [6.07, 6.45) is -1.11. The lowest BCUT2D eigenvalue weighted by Gasteiger charge is -2.06. The Kier molecular flexibility index (Phi) is 3.35. The minimum atomic E-state index is -1.11. The number of rotatable bonds is 3. The highest BCUT2D eigenvalue weighted by Crippen LogP contribution is 2.15. The molecule has 1 aromatic rings. The molecule has 6 heteroatoms. The van der Waals surface area contributed by atoms with Gasteiger partial charge in [0.05, 0.1) is 4.92 Å². The molecule has 1 atom stereocenters. The first-order chi connectivity index (χ1) is 7.00. The highest BCUT2D eigenvalue weighted by Gasteiger charge is 2.09. The molecule has 0 aliphatic carbocycles. The Bertz CT molecular complexity index is 372. The number of benzene rings is 1. The van der Waals surface area contributed by atoms with Gasteiger partial charge in [-0.2, -0.15) is 0 Å². The van der Waals surface area contributed by atoms with Crippen LogP contribution in [0.25, 0.3) is 0 Å². The average Bonchev–Trinajstić information content (AvgIpc) is 2.18. The zero-order chi connectivity index (χ0) is 11.4. The standard InChI is InChI=1S/C9H10N2O4/c1-6(12)9(13)10-7-2-4-8(5-3-7)11(14)15/h2-6,12H,1H3,(H,10,13). The van der Waals surface area contributed by atoms with Gasteiger partial charge in [-0.15, -0.1) is 0 Å². The van der Waals surface area contributed by atoms with Crippen LogP contribution in [0.5, 0.6) is 0 Å². The van der Waals surface area contributed by atoms with Gasteiger partial charge in [0.2, 0.25) is 0 Å². The van der Waals surface area contributed by atoms with Crippen LogP contribution >= 0.6 is 0 Å². The van der Waals surface area contributed by atoms with Crippen LogP contribution in [-0.4, -0.2) is 22.0 Å². The lowest BCUT2D eigenvalue weighted by Crippen LogP contribution is -2.24. The van der Waals surface area contributed by atoms with E-state index in [2.05, 4.69) is 5.32 Å². The second-order valence-electron chi connectivity index (χ2n) is 2.97. The van der Waals surface area contributed by atoms with Crippen molar-refractivity contribution in [2.75, 3.05) is 5.32 Å². The fraction of sp³-hybridized carbons (Fsp3) is 0.222. The molecule has 0 aliphatic heterocycles. The molecule has 0 radical (unpaired) electrons. The number of hydrogen-bond acceptors (Lipinski definition) is 4. The van der Waals surface area contributed by atoms with E-state index in [0.717, 1.165) is 0 Å². The molecule has 1 rings (SSSR count). The number of non-ortho nitro benzene ring substituents is 1. The summed E-state index contributed by atoms with van der Waals surface area (Å²) in [7, 11) is 0. The van der Waals surface area contributed by atoms with E-state index in [0.29, 0.717) is 5.69 Å². The molecule has 0 bridgehead atoms. The number of carbonyl (C=O) groups excluding carboxylic acids is 1. The number of nitrogens with one attached hydrogen (secondary N) is 1. The summed E-state index contributed by atoms with van der Waals surface area (Å²) in [5.41, 5.74) is 0.358. The SMILES string of the molecule is CC(O)C(=O)Nc1ccc([N+](=O)[O-])cc1. The first-order valence-corrected chi connectivity index (χ1v) is 4.24. The molecule has 15 heavy (non-hydrogen) atoms. The molecule has 1 aromatic carbocycles. The van der Waals surface area contributed by atoms with E-state index in [1.807, 2.05) is 0 Å². The number of amides is 1. The Labute approximate surface area is 85.7 Å². The number of hydrogen-bond donors (Lipinski definition) is 2. The van der Waals surface area contributed by atoms with Crippen molar-refractivity contribution >= 4 is 17.3 Å². The van der Waals surface area contributed by atoms with Crippen LogP contribution in [0.15, 0.2) is 24.3 Å². The van der Waals surface area contributed by atoms with Gasteiger partial charge in [-0.25, -0.2) is 0 Å². The number of anilines is 1. The number of nitrogens with zero attached hydrogens (tertiary/aromatic N) is 1. The van der Waals surface area contributed by atoms with Gasteiger partial charge in [-0.1, -0.05) is 0 Å². The van der Waals surface area contributed by atoms with E-state index < -0.39 is 16.9 Å². The Morgan fingerprint density at radius 2 is 2.00 bits per heavy atom. The van der Waals surface area contributed by atoms with Crippen molar-refractivity contribution in [2.45, 2.75) is 13.0 Å². The van der Waals surface area contributed by atoms with Crippen molar-refractivity contribution in [3.05, 3.63) is 34.4 Å². The maximum absolute atomic E-state index is 11.0. The van der Waals surface area contributed by atoms with E-state index in [4.69, 9.17) is 5.11 Å². The molecule has 0 spiro atoms. The lowest BCUT2D eigenvalue weighted by molar-refractivity contribution is -0.384. The quantitative estimate of drug-likeness (QED) is 0.573. The Hall–Kier alpha value is -1.95. The van der Waals surface area contributed by atoms with Crippen molar-refractivity contribution < 1.29 is 14.8 Å². The van der Waals surface area contributed by atoms with E-state index in [1.54, 1.807) is 0 Å². The largest absolute Gasteiger partial charge is 0.384 e. The number of carbonyl (C=O) groups is 1. The van der Waals surface area contributed by atoms with Crippen LogP contribution in [0.4, 0.5) is 11.4 Å². The van der Waals surface area contributed by atoms with Crippen molar-refractivity contribution in [1.82, 2.24) is 0 Å². The second kappa shape index (κ2) is 4.52. The normalized spacial score (nSPS) is 11.9. The molecule has 80 valence electrons. The Balaban J connectivity index is 2.73. The zero-order valence-electron chi connectivity index (χ0n) is 8.01. The monoisotopic (exact) mass is 210 g/mol. The molecule has 1 unspecified atom stereocenters. The van der Waals surface area contributed by atoms with Crippen molar-refractivity contribution in [2.24, 2.45) is 0 Å². The van der Waals surface area contributed by atoms with Gasteiger partial charge in [-0.05, 0) is 19.1 Å². The molecule has 6 nitrogen and oxygen atoms in total. The van der Waals surface area contributed by atoms with E-state index in [-0.39, 0.29) is 5.69 Å². The lowest BCUT2D eigenvalue weighted by atomic mass is 10.2. The van der Waals surface area contributed by atoms with Gasteiger partial charge >= 0.3 is 0 Å². The summed E-state index contributed by atoms with van der Waals surface area (Å²) in [5, 5.41) is 21.6. The highest BCUT2D eigenvalue weighted by atomic mass is 16.6. The summed E-state index contributed by atoms with van der Waals surface area (Å²) >= 11 is 0.